The second-order valence-corrected chi connectivity index (χ2v) is 3.71. The summed E-state index contributed by atoms with van der Waals surface area (Å²) in [5.41, 5.74) is -1.70. The molecule has 0 amide bonds. The summed E-state index contributed by atoms with van der Waals surface area (Å²) in [5, 5.41) is 18.9. The molecule has 0 radical (unpaired) electrons. The third kappa shape index (κ3) is 2.84. The quantitative estimate of drug-likeness (QED) is 0.871. The van der Waals surface area contributed by atoms with E-state index in [1.165, 1.54) is 0 Å². The van der Waals surface area contributed by atoms with E-state index in [0.717, 1.165) is 0 Å². The standard InChI is InChI=1S/C13H10Cl2O2/c14-10-1-3-12(16)8(6-10)5-9-7-11(15)2-4-13(9)17/h1-4,6-7,16-17H,5H2/i1D,2D,3D,4D,5D2,6D,7D. The zero-order chi connectivity index (χ0) is 19.4. The van der Waals surface area contributed by atoms with Crippen LogP contribution in [0.15, 0.2) is 36.3 Å². The highest BCUT2D eigenvalue weighted by Crippen LogP contribution is 2.29. The number of rotatable bonds is 2. The van der Waals surface area contributed by atoms with Gasteiger partial charge in [0.2, 0.25) is 0 Å². The van der Waals surface area contributed by atoms with Crippen LogP contribution >= 0.6 is 23.2 Å². The van der Waals surface area contributed by atoms with E-state index in [1.807, 2.05) is 0 Å². The lowest BCUT2D eigenvalue weighted by atomic mass is 10.0. The Morgan fingerprint density at radius 2 is 1.35 bits per heavy atom. The van der Waals surface area contributed by atoms with Gasteiger partial charge < -0.3 is 10.2 Å². The van der Waals surface area contributed by atoms with Crippen LogP contribution in [0, 0.1) is 0 Å². The fraction of sp³-hybridized carbons (Fsp3) is 0.0769. The second-order valence-electron chi connectivity index (χ2n) is 2.95. The van der Waals surface area contributed by atoms with Gasteiger partial charge in [-0.2, -0.15) is 0 Å². The lowest BCUT2D eigenvalue weighted by Crippen LogP contribution is -1.90. The molecule has 2 aromatic carbocycles. The van der Waals surface area contributed by atoms with Gasteiger partial charge in [-0.05, 0) is 47.4 Å². The first-order chi connectivity index (χ1) is 11.4. The molecule has 0 saturated heterocycles. The summed E-state index contributed by atoms with van der Waals surface area (Å²) in [4.78, 5) is 0. The predicted octanol–water partition coefficient (Wildman–Crippen LogP) is 4.00. The zero-order valence-corrected chi connectivity index (χ0v) is 9.66. The van der Waals surface area contributed by atoms with E-state index >= 15 is 0 Å². The maximum absolute atomic E-state index is 10.1. The summed E-state index contributed by atoms with van der Waals surface area (Å²) in [6, 6.07) is -4.64. The van der Waals surface area contributed by atoms with Crippen molar-refractivity contribution in [2.24, 2.45) is 0 Å². The van der Waals surface area contributed by atoms with Crippen molar-refractivity contribution in [3.05, 3.63) is 57.4 Å². The van der Waals surface area contributed by atoms with E-state index in [-0.39, 0.29) is 0 Å². The molecule has 0 atom stereocenters. The molecule has 0 aliphatic carbocycles. The minimum absolute atomic E-state index is 0.595. The van der Waals surface area contributed by atoms with E-state index in [2.05, 4.69) is 0 Å². The summed E-state index contributed by atoms with van der Waals surface area (Å²) in [6.07, 6.45) is -2.96. The summed E-state index contributed by atoms with van der Waals surface area (Å²) in [7, 11) is 0. The summed E-state index contributed by atoms with van der Waals surface area (Å²) >= 11 is 11.5. The zero-order valence-electron chi connectivity index (χ0n) is 16.2. The van der Waals surface area contributed by atoms with Gasteiger partial charge in [0.05, 0.1) is 8.22 Å². The van der Waals surface area contributed by atoms with Crippen LogP contribution in [-0.2, 0) is 6.37 Å². The highest BCUT2D eigenvalue weighted by Gasteiger charge is 2.07. The third-order valence-corrected chi connectivity index (χ3v) is 2.15. The van der Waals surface area contributed by atoms with Gasteiger partial charge in [0.25, 0.3) is 0 Å². The monoisotopic (exact) mass is 276 g/mol. The Bertz CT molecular complexity index is 771. The van der Waals surface area contributed by atoms with E-state index in [1.54, 1.807) is 0 Å². The Morgan fingerprint density at radius 3 is 1.76 bits per heavy atom. The maximum Gasteiger partial charge on any atom is 0.119 e. The topological polar surface area (TPSA) is 40.5 Å². The summed E-state index contributed by atoms with van der Waals surface area (Å²) < 4.78 is 62.4. The van der Waals surface area contributed by atoms with Crippen molar-refractivity contribution in [2.75, 3.05) is 0 Å². The molecule has 88 valence electrons. The maximum atomic E-state index is 10.1. The lowest BCUT2D eigenvalue weighted by Gasteiger charge is -2.07. The van der Waals surface area contributed by atoms with Crippen LogP contribution in [0.1, 0.15) is 22.1 Å². The number of phenolic OH excluding ortho intramolecular Hbond substituents is 2. The molecule has 0 spiro atoms. The Kier molecular flexibility index (Phi) is 1.58. The SMILES string of the molecule is [2H]c1c([2H])c(Cl)c([2H])c(C([2H])([2H])c2c([2H])c(Cl)c([2H])c([2H])c2O)c1O. The molecule has 0 aliphatic heterocycles. The minimum atomic E-state index is -2.96. The summed E-state index contributed by atoms with van der Waals surface area (Å²) in [6.45, 7) is 0. The van der Waals surface area contributed by atoms with Gasteiger partial charge in [-0.1, -0.05) is 23.2 Å². The molecule has 2 N–H and O–H groups in total. The van der Waals surface area contributed by atoms with Crippen molar-refractivity contribution in [3.8, 4) is 11.5 Å². The van der Waals surface area contributed by atoms with Crippen LogP contribution < -0.4 is 0 Å². The van der Waals surface area contributed by atoms with Crippen LogP contribution in [0.25, 0.3) is 0 Å². The first kappa shape index (κ1) is 5.51. The Morgan fingerprint density at radius 1 is 0.941 bits per heavy atom. The molecule has 0 bridgehead atoms. The van der Waals surface area contributed by atoms with Gasteiger partial charge >= 0.3 is 0 Å². The Hall–Kier alpha value is -1.38. The molecule has 2 rings (SSSR count). The number of hydrogen-bond donors (Lipinski definition) is 2. The van der Waals surface area contributed by atoms with Crippen LogP contribution in [-0.4, -0.2) is 10.2 Å². The average molecular weight is 277 g/mol. The van der Waals surface area contributed by atoms with Crippen LogP contribution in [0.2, 0.25) is 10.0 Å². The first-order valence-electron chi connectivity index (χ1n) is 8.33. The van der Waals surface area contributed by atoms with Crippen LogP contribution in [0.4, 0.5) is 0 Å². The molecule has 0 aromatic heterocycles. The van der Waals surface area contributed by atoms with Crippen molar-refractivity contribution in [1.29, 1.82) is 0 Å². The van der Waals surface area contributed by atoms with Crippen LogP contribution in [0.5, 0.6) is 11.5 Å². The molecule has 0 saturated carbocycles. The molecule has 0 fully saturated rings. The van der Waals surface area contributed by atoms with Gasteiger partial charge in [-0.25, -0.2) is 0 Å². The normalized spacial score (nSPS) is 18.0. The van der Waals surface area contributed by atoms with Gasteiger partial charge in [0, 0.05) is 19.2 Å². The molecule has 4 heteroatoms. The smallest absolute Gasteiger partial charge is 0.119 e. The van der Waals surface area contributed by atoms with Gasteiger partial charge in [0.1, 0.15) is 11.5 Å². The van der Waals surface area contributed by atoms with Gasteiger partial charge in [-0.3, -0.25) is 0 Å². The number of benzene rings is 2. The number of phenols is 2. The molecule has 2 aromatic rings. The largest absolute Gasteiger partial charge is 0.508 e. The summed E-state index contributed by atoms with van der Waals surface area (Å²) in [5.74, 6) is -2.11. The fourth-order valence-corrected chi connectivity index (χ4v) is 1.34. The van der Waals surface area contributed by atoms with E-state index in [4.69, 9.17) is 34.2 Å². The molecule has 0 unspecified atom stereocenters. The predicted molar refractivity (Wildman–Crippen MR) is 69.0 cm³/mol. The molecular formula is C13H10Cl2O2. The van der Waals surface area contributed by atoms with E-state index in [9.17, 15) is 10.2 Å². The number of halogens is 2. The first-order valence-corrected chi connectivity index (χ1v) is 5.08. The fourth-order valence-electron chi connectivity index (χ4n) is 1.06. The van der Waals surface area contributed by atoms with Gasteiger partial charge in [0.15, 0.2) is 0 Å². The van der Waals surface area contributed by atoms with Crippen molar-refractivity contribution >= 4 is 23.2 Å². The molecular weight excluding hydrogens is 259 g/mol. The minimum Gasteiger partial charge on any atom is -0.508 e. The van der Waals surface area contributed by atoms with Gasteiger partial charge in [-0.15, -0.1) is 0 Å². The van der Waals surface area contributed by atoms with E-state index in [0.29, 0.717) is 0 Å². The van der Waals surface area contributed by atoms with E-state index < -0.39 is 75.3 Å². The number of hydrogen-bond acceptors (Lipinski definition) is 2. The highest BCUT2D eigenvalue weighted by atomic mass is 35.5. The molecule has 0 aliphatic rings. The van der Waals surface area contributed by atoms with Crippen molar-refractivity contribution in [3.63, 3.8) is 0 Å². The Balaban J connectivity index is 2.96. The Labute approximate surface area is 120 Å². The van der Waals surface area contributed by atoms with Crippen molar-refractivity contribution in [2.45, 2.75) is 6.37 Å². The second kappa shape index (κ2) is 4.86. The van der Waals surface area contributed by atoms with Crippen LogP contribution in [0.3, 0.4) is 0 Å². The van der Waals surface area contributed by atoms with Crippen molar-refractivity contribution in [1.82, 2.24) is 0 Å². The average Bonchev–Trinajstić information content (AvgIpc) is 2.54. The van der Waals surface area contributed by atoms with Crippen molar-refractivity contribution < 1.29 is 21.2 Å². The molecule has 0 heterocycles. The molecule has 17 heavy (non-hydrogen) atoms. The molecule has 2 nitrogen and oxygen atoms in total. The lowest BCUT2D eigenvalue weighted by molar-refractivity contribution is 0.463. The number of aromatic hydroxyl groups is 2. The highest BCUT2D eigenvalue weighted by molar-refractivity contribution is 6.31. The third-order valence-electron chi connectivity index (χ3n) is 1.77.